The molecule has 0 atom stereocenters. The number of rotatable bonds is 7. The topological polar surface area (TPSA) is 62.1 Å². The molecule has 0 spiro atoms. The van der Waals surface area contributed by atoms with Gasteiger partial charge in [0.2, 0.25) is 0 Å². The number of nitriles is 1. The number of nitrogens with one attached hydrogen (secondary N) is 1. The Balaban J connectivity index is 1.57. The first-order valence-electron chi connectivity index (χ1n) is 9.69. The highest BCUT2D eigenvalue weighted by Crippen LogP contribution is 2.24. The Bertz CT molecular complexity index is 1050. The molecule has 0 saturated heterocycles. The third-order valence-electron chi connectivity index (χ3n) is 4.67. The van der Waals surface area contributed by atoms with Crippen LogP contribution in [-0.2, 0) is 4.79 Å². The highest BCUT2D eigenvalue weighted by Gasteiger charge is 2.09. The SMILES string of the molecule is CC(C)c1ccc(/C=C(\C#N)C(=O)NCCOc2cccc3ccccc23)cc1. The van der Waals surface area contributed by atoms with Crippen LogP contribution in [0.5, 0.6) is 5.75 Å². The Kier molecular flexibility index (Phi) is 6.65. The zero-order valence-electron chi connectivity index (χ0n) is 16.7. The lowest BCUT2D eigenvalue weighted by Gasteiger charge is -2.10. The third-order valence-corrected chi connectivity index (χ3v) is 4.67. The number of hydrogen-bond acceptors (Lipinski definition) is 3. The second kappa shape index (κ2) is 9.57. The summed E-state index contributed by atoms with van der Waals surface area (Å²) < 4.78 is 5.82. The van der Waals surface area contributed by atoms with Crippen LogP contribution in [0, 0.1) is 11.3 Å². The van der Waals surface area contributed by atoms with Crippen molar-refractivity contribution in [1.29, 1.82) is 5.26 Å². The molecule has 0 aliphatic heterocycles. The highest BCUT2D eigenvalue weighted by molar-refractivity contribution is 6.01. The average Bonchev–Trinajstić information content (AvgIpc) is 2.75. The van der Waals surface area contributed by atoms with Crippen LogP contribution in [0.25, 0.3) is 16.8 Å². The Labute approximate surface area is 171 Å². The number of fused-ring (bicyclic) bond motifs is 1. The number of hydrogen-bond donors (Lipinski definition) is 1. The zero-order valence-corrected chi connectivity index (χ0v) is 16.7. The van der Waals surface area contributed by atoms with Gasteiger partial charge >= 0.3 is 0 Å². The minimum atomic E-state index is -0.401. The molecule has 146 valence electrons. The Morgan fingerprint density at radius 1 is 1.07 bits per heavy atom. The second-order valence-corrected chi connectivity index (χ2v) is 7.07. The van der Waals surface area contributed by atoms with E-state index in [4.69, 9.17) is 4.74 Å². The van der Waals surface area contributed by atoms with Crippen LogP contribution in [-0.4, -0.2) is 19.1 Å². The summed E-state index contributed by atoms with van der Waals surface area (Å²) in [5.74, 6) is 0.814. The first-order chi connectivity index (χ1) is 14.1. The summed E-state index contributed by atoms with van der Waals surface area (Å²) in [7, 11) is 0. The minimum Gasteiger partial charge on any atom is -0.491 e. The lowest BCUT2D eigenvalue weighted by molar-refractivity contribution is -0.117. The van der Waals surface area contributed by atoms with Crippen molar-refractivity contribution in [3.8, 4) is 11.8 Å². The summed E-state index contributed by atoms with van der Waals surface area (Å²) in [6.45, 7) is 4.88. The molecule has 0 saturated carbocycles. The number of benzene rings is 3. The Hall–Kier alpha value is -3.58. The van der Waals surface area contributed by atoms with Crippen LogP contribution < -0.4 is 10.1 Å². The van der Waals surface area contributed by atoms with Gasteiger partial charge in [-0.2, -0.15) is 5.26 Å². The summed E-state index contributed by atoms with van der Waals surface area (Å²) in [4.78, 5) is 12.3. The fourth-order valence-electron chi connectivity index (χ4n) is 3.03. The molecule has 4 nitrogen and oxygen atoms in total. The molecule has 0 aromatic heterocycles. The monoisotopic (exact) mass is 384 g/mol. The highest BCUT2D eigenvalue weighted by atomic mass is 16.5. The molecular weight excluding hydrogens is 360 g/mol. The smallest absolute Gasteiger partial charge is 0.262 e. The van der Waals surface area contributed by atoms with Crippen LogP contribution in [0.3, 0.4) is 0 Å². The van der Waals surface area contributed by atoms with E-state index >= 15 is 0 Å². The molecule has 0 fully saturated rings. The predicted octanol–water partition coefficient (Wildman–Crippen LogP) is 5.07. The maximum Gasteiger partial charge on any atom is 0.262 e. The Morgan fingerprint density at radius 3 is 2.52 bits per heavy atom. The van der Waals surface area contributed by atoms with E-state index in [-0.39, 0.29) is 5.57 Å². The van der Waals surface area contributed by atoms with Crippen molar-refractivity contribution in [3.05, 3.63) is 83.4 Å². The fourth-order valence-corrected chi connectivity index (χ4v) is 3.03. The largest absolute Gasteiger partial charge is 0.491 e. The normalized spacial score (nSPS) is 11.3. The molecule has 0 unspecified atom stereocenters. The first-order valence-corrected chi connectivity index (χ1v) is 9.69. The molecule has 3 aromatic rings. The second-order valence-electron chi connectivity index (χ2n) is 7.07. The molecule has 29 heavy (non-hydrogen) atoms. The van der Waals surface area contributed by atoms with Crippen molar-refractivity contribution in [2.45, 2.75) is 19.8 Å². The molecule has 3 aromatic carbocycles. The maximum absolute atomic E-state index is 12.3. The molecule has 4 heteroatoms. The molecule has 0 aliphatic rings. The summed E-state index contributed by atoms with van der Waals surface area (Å²) in [5, 5.41) is 14.2. The molecular formula is C25H24N2O2. The number of nitrogens with zero attached hydrogens (tertiary/aromatic N) is 1. The van der Waals surface area contributed by atoms with E-state index in [1.807, 2.05) is 72.8 Å². The molecule has 0 bridgehead atoms. The van der Waals surface area contributed by atoms with E-state index in [0.29, 0.717) is 19.1 Å². The van der Waals surface area contributed by atoms with Gasteiger partial charge in [0.25, 0.3) is 5.91 Å². The van der Waals surface area contributed by atoms with E-state index in [0.717, 1.165) is 22.1 Å². The average molecular weight is 384 g/mol. The van der Waals surface area contributed by atoms with Crippen molar-refractivity contribution in [2.24, 2.45) is 0 Å². The first kappa shape index (κ1) is 20.2. The van der Waals surface area contributed by atoms with Gasteiger partial charge in [0.1, 0.15) is 24.0 Å². The standard InChI is InChI=1S/C25H24N2O2/c1-18(2)20-12-10-19(11-13-20)16-22(17-26)25(28)27-14-15-29-24-9-5-7-21-6-3-4-8-23(21)24/h3-13,16,18H,14-15H2,1-2H3,(H,27,28)/b22-16+. The van der Waals surface area contributed by atoms with Gasteiger partial charge in [-0.25, -0.2) is 0 Å². The van der Waals surface area contributed by atoms with E-state index in [1.54, 1.807) is 6.08 Å². The van der Waals surface area contributed by atoms with Gasteiger partial charge in [-0.15, -0.1) is 0 Å². The molecule has 3 rings (SSSR count). The van der Waals surface area contributed by atoms with Gasteiger partial charge in [0.05, 0.1) is 6.54 Å². The number of amides is 1. The van der Waals surface area contributed by atoms with E-state index in [9.17, 15) is 10.1 Å². The van der Waals surface area contributed by atoms with Gasteiger partial charge in [0.15, 0.2) is 0 Å². The van der Waals surface area contributed by atoms with Gasteiger partial charge in [-0.1, -0.05) is 74.5 Å². The van der Waals surface area contributed by atoms with Gasteiger partial charge in [-0.3, -0.25) is 4.79 Å². The third kappa shape index (κ3) is 5.24. The Morgan fingerprint density at radius 2 is 1.79 bits per heavy atom. The number of carbonyl (C=O) groups excluding carboxylic acids is 1. The van der Waals surface area contributed by atoms with Crippen LogP contribution >= 0.6 is 0 Å². The van der Waals surface area contributed by atoms with E-state index < -0.39 is 5.91 Å². The van der Waals surface area contributed by atoms with Crippen molar-refractivity contribution in [2.75, 3.05) is 13.2 Å². The molecule has 0 aliphatic carbocycles. The van der Waals surface area contributed by atoms with Crippen LogP contribution in [0.4, 0.5) is 0 Å². The minimum absolute atomic E-state index is 0.0763. The molecule has 1 N–H and O–H groups in total. The lowest BCUT2D eigenvalue weighted by atomic mass is 10.0. The van der Waals surface area contributed by atoms with Crippen molar-refractivity contribution in [1.82, 2.24) is 5.32 Å². The molecule has 0 heterocycles. The summed E-state index contributed by atoms with van der Waals surface area (Å²) in [6.07, 6.45) is 1.60. The zero-order chi connectivity index (χ0) is 20.6. The van der Waals surface area contributed by atoms with Crippen molar-refractivity contribution in [3.63, 3.8) is 0 Å². The predicted molar refractivity (Wildman–Crippen MR) is 117 cm³/mol. The van der Waals surface area contributed by atoms with E-state index in [2.05, 4.69) is 19.2 Å². The summed E-state index contributed by atoms with van der Waals surface area (Å²) >= 11 is 0. The van der Waals surface area contributed by atoms with Gasteiger partial charge in [0, 0.05) is 5.39 Å². The maximum atomic E-state index is 12.3. The summed E-state index contributed by atoms with van der Waals surface area (Å²) in [5.41, 5.74) is 2.12. The number of carbonyl (C=O) groups is 1. The van der Waals surface area contributed by atoms with Gasteiger partial charge < -0.3 is 10.1 Å². The van der Waals surface area contributed by atoms with E-state index in [1.165, 1.54) is 5.56 Å². The number of ether oxygens (including phenoxy) is 1. The van der Waals surface area contributed by atoms with Gasteiger partial charge in [-0.05, 0) is 34.6 Å². The quantitative estimate of drug-likeness (QED) is 0.352. The lowest BCUT2D eigenvalue weighted by Crippen LogP contribution is -2.29. The molecule has 1 amide bonds. The van der Waals surface area contributed by atoms with Crippen LogP contribution in [0.15, 0.2) is 72.3 Å². The fraction of sp³-hybridized carbons (Fsp3) is 0.200. The van der Waals surface area contributed by atoms with Crippen LogP contribution in [0.2, 0.25) is 0 Å². The van der Waals surface area contributed by atoms with Crippen molar-refractivity contribution < 1.29 is 9.53 Å². The summed E-state index contributed by atoms with van der Waals surface area (Å²) in [6, 6.07) is 23.7. The van der Waals surface area contributed by atoms with Crippen molar-refractivity contribution >= 4 is 22.8 Å². The van der Waals surface area contributed by atoms with Crippen LogP contribution in [0.1, 0.15) is 30.9 Å². The molecule has 0 radical (unpaired) electrons.